The molecule has 0 saturated heterocycles. The van der Waals surface area contributed by atoms with E-state index in [-0.39, 0.29) is 11.9 Å². The summed E-state index contributed by atoms with van der Waals surface area (Å²) in [7, 11) is 4.87. The molecule has 0 bridgehead atoms. The maximum Gasteiger partial charge on any atom is 0.241 e. The van der Waals surface area contributed by atoms with Gasteiger partial charge in [0.25, 0.3) is 0 Å². The smallest absolute Gasteiger partial charge is 0.241 e. The highest BCUT2D eigenvalue weighted by molar-refractivity contribution is 5.95. The zero-order valence-electron chi connectivity index (χ0n) is 16.2. The van der Waals surface area contributed by atoms with Crippen molar-refractivity contribution in [2.75, 3.05) is 33.2 Å². The first-order valence-corrected chi connectivity index (χ1v) is 8.99. The first-order valence-electron chi connectivity index (χ1n) is 8.99. The van der Waals surface area contributed by atoms with Crippen LogP contribution in [-0.4, -0.2) is 44.7 Å². The third-order valence-corrected chi connectivity index (χ3v) is 5.04. The van der Waals surface area contributed by atoms with Gasteiger partial charge in [-0.2, -0.15) is 0 Å². The Morgan fingerprint density at radius 2 is 1.63 bits per heavy atom. The fourth-order valence-corrected chi connectivity index (χ4v) is 3.39. The van der Waals surface area contributed by atoms with Gasteiger partial charge in [-0.05, 0) is 48.7 Å². The molecule has 3 rings (SSSR count). The molecule has 1 aliphatic rings. The fraction of sp³-hybridized carbons (Fsp3) is 0.381. The maximum atomic E-state index is 12.8. The van der Waals surface area contributed by atoms with E-state index in [0.717, 1.165) is 24.3 Å². The summed E-state index contributed by atoms with van der Waals surface area (Å²) in [6.07, 6.45) is 0.863. The zero-order chi connectivity index (χ0) is 19.4. The maximum absolute atomic E-state index is 12.8. The average Bonchev–Trinajstić information content (AvgIpc) is 2.71. The van der Waals surface area contributed by atoms with Crippen LogP contribution in [0.25, 0.3) is 0 Å². The van der Waals surface area contributed by atoms with Gasteiger partial charge in [0.1, 0.15) is 5.75 Å². The van der Waals surface area contributed by atoms with Gasteiger partial charge in [-0.15, -0.1) is 0 Å². The van der Waals surface area contributed by atoms with E-state index in [1.165, 1.54) is 5.56 Å². The Labute approximate surface area is 160 Å². The molecule has 1 atom stereocenters. The highest BCUT2D eigenvalue weighted by atomic mass is 16.5. The SMILES string of the molecule is COc1ccccc1NC(=O)[C@@H](C)N1CCc2cc(OC)c(OC)cc2C1. The molecule has 27 heavy (non-hydrogen) atoms. The third kappa shape index (κ3) is 4.01. The number of nitrogens with one attached hydrogen (secondary N) is 1. The topological polar surface area (TPSA) is 60.0 Å². The van der Waals surface area contributed by atoms with Crippen molar-refractivity contribution >= 4 is 11.6 Å². The van der Waals surface area contributed by atoms with Crippen LogP contribution in [0.5, 0.6) is 17.2 Å². The number of hydrogen-bond donors (Lipinski definition) is 1. The van der Waals surface area contributed by atoms with Crippen molar-refractivity contribution in [1.29, 1.82) is 0 Å². The minimum absolute atomic E-state index is 0.0524. The molecular weight excluding hydrogens is 344 g/mol. The molecule has 1 amide bonds. The van der Waals surface area contributed by atoms with Gasteiger partial charge in [0.05, 0.1) is 33.1 Å². The van der Waals surface area contributed by atoms with E-state index < -0.39 is 0 Å². The van der Waals surface area contributed by atoms with E-state index in [1.807, 2.05) is 43.3 Å². The van der Waals surface area contributed by atoms with Crippen LogP contribution in [0.15, 0.2) is 36.4 Å². The van der Waals surface area contributed by atoms with E-state index in [0.29, 0.717) is 23.7 Å². The summed E-state index contributed by atoms with van der Waals surface area (Å²) < 4.78 is 16.1. The second-order valence-electron chi connectivity index (χ2n) is 6.56. The van der Waals surface area contributed by atoms with Crippen LogP contribution in [0.2, 0.25) is 0 Å². The van der Waals surface area contributed by atoms with Crippen LogP contribution in [0, 0.1) is 0 Å². The number of benzene rings is 2. The van der Waals surface area contributed by atoms with Crippen LogP contribution in [0.1, 0.15) is 18.1 Å². The Morgan fingerprint density at radius 3 is 2.30 bits per heavy atom. The van der Waals surface area contributed by atoms with E-state index >= 15 is 0 Å². The van der Waals surface area contributed by atoms with Crippen molar-refractivity contribution in [1.82, 2.24) is 4.90 Å². The summed E-state index contributed by atoms with van der Waals surface area (Å²) in [5.74, 6) is 2.05. The van der Waals surface area contributed by atoms with Crippen molar-refractivity contribution in [2.45, 2.75) is 25.9 Å². The minimum Gasteiger partial charge on any atom is -0.495 e. The third-order valence-electron chi connectivity index (χ3n) is 5.04. The average molecular weight is 370 g/mol. The Kier molecular flexibility index (Phi) is 5.86. The predicted molar refractivity (Wildman–Crippen MR) is 105 cm³/mol. The number of nitrogens with zero attached hydrogens (tertiary/aromatic N) is 1. The number of hydrogen-bond acceptors (Lipinski definition) is 5. The van der Waals surface area contributed by atoms with Crippen molar-refractivity contribution < 1.29 is 19.0 Å². The molecule has 0 aliphatic carbocycles. The van der Waals surface area contributed by atoms with E-state index in [1.54, 1.807) is 21.3 Å². The number of carbonyl (C=O) groups is 1. The predicted octanol–water partition coefficient (Wildman–Crippen LogP) is 3.10. The fourth-order valence-electron chi connectivity index (χ4n) is 3.39. The highest BCUT2D eigenvalue weighted by Crippen LogP contribution is 2.33. The summed E-state index contributed by atoms with van der Waals surface area (Å²) in [5.41, 5.74) is 3.08. The van der Waals surface area contributed by atoms with Crippen LogP contribution in [0.3, 0.4) is 0 Å². The lowest BCUT2D eigenvalue weighted by Gasteiger charge is -2.33. The number of rotatable bonds is 6. The Hall–Kier alpha value is -2.73. The molecule has 0 saturated carbocycles. The molecule has 0 unspecified atom stereocenters. The van der Waals surface area contributed by atoms with Gasteiger partial charge in [-0.3, -0.25) is 9.69 Å². The summed E-state index contributed by atoms with van der Waals surface area (Å²) in [6.45, 7) is 3.43. The second kappa shape index (κ2) is 8.31. The second-order valence-corrected chi connectivity index (χ2v) is 6.56. The van der Waals surface area contributed by atoms with Gasteiger partial charge in [0, 0.05) is 13.1 Å². The molecule has 1 N–H and O–H groups in total. The lowest BCUT2D eigenvalue weighted by atomic mass is 9.97. The quantitative estimate of drug-likeness (QED) is 0.847. The molecule has 1 aliphatic heterocycles. The largest absolute Gasteiger partial charge is 0.495 e. The van der Waals surface area contributed by atoms with E-state index in [9.17, 15) is 4.79 Å². The number of methoxy groups -OCH3 is 3. The number of ether oxygens (including phenoxy) is 3. The normalized spacial score (nSPS) is 14.8. The minimum atomic E-state index is -0.267. The molecule has 6 heteroatoms. The molecule has 0 spiro atoms. The van der Waals surface area contributed by atoms with Crippen molar-refractivity contribution in [2.24, 2.45) is 0 Å². The van der Waals surface area contributed by atoms with E-state index in [2.05, 4.69) is 10.2 Å². The summed E-state index contributed by atoms with van der Waals surface area (Å²) in [5, 5.41) is 2.97. The van der Waals surface area contributed by atoms with Gasteiger partial charge in [0.15, 0.2) is 11.5 Å². The molecule has 2 aromatic rings. The molecular formula is C21H26N2O4. The standard InChI is InChI=1S/C21H26N2O4/c1-14(21(24)22-17-7-5-6-8-18(17)25-2)23-10-9-15-11-19(26-3)20(27-4)12-16(15)13-23/h5-8,11-12,14H,9-10,13H2,1-4H3,(H,22,24)/t14-/m1/s1. The van der Waals surface area contributed by atoms with Gasteiger partial charge in [-0.1, -0.05) is 12.1 Å². The first kappa shape index (κ1) is 19.0. The Morgan fingerprint density at radius 1 is 1.00 bits per heavy atom. The van der Waals surface area contributed by atoms with E-state index in [4.69, 9.17) is 14.2 Å². The van der Waals surface area contributed by atoms with Crippen molar-refractivity contribution in [3.05, 3.63) is 47.5 Å². The zero-order valence-corrected chi connectivity index (χ0v) is 16.2. The molecule has 2 aromatic carbocycles. The molecule has 0 radical (unpaired) electrons. The van der Waals surface area contributed by atoms with Crippen molar-refractivity contribution in [3.63, 3.8) is 0 Å². The number of carbonyl (C=O) groups excluding carboxylic acids is 1. The summed E-state index contributed by atoms with van der Waals surface area (Å²) in [6, 6.07) is 11.2. The van der Waals surface area contributed by atoms with Gasteiger partial charge < -0.3 is 19.5 Å². The Bertz CT molecular complexity index is 822. The number of amides is 1. The summed E-state index contributed by atoms with van der Waals surface area (Å²) >= 11 is 0. The van der Waals surface area contributed by atoms with Crippen molar-refractivity contribution in [3.8, 4) is 17.2 Å². The van der Waals surface area contributed by atoms with Gasteiger partial charge in [0.2, 0.25) is 5.91 Å². The molecule has 6 nitrogen and oxygen atoms in total. The Balaban J connectivity index is 1.73. The van der Waals surface area contributed by atoms with Gasteiger partial charge in [-0.25, -0.2) is 0 Å². The molecule has 144 valence electrons. The monoisotopic (exact) mass is 370 g/mol. The van der Waals surface area contributed by atoms with Crippen LogP contribution in [0.4, 0.5) is 5.69 Å². The van der Waals surface area contributed by atoms with Crippen LogP contribution < -0.4 is 19.5 Å². The van der Waals surface area contributed by atoms with Gasteiger partial charge >= 0.3 is 0 Å². The number of para-hydroxylation sites is 2. The summed E-state index contributed by atoms with van der Waals surface area (Å²) in [4.78, 5) is 14.9. The molecule has 1 heterocycles. The van der Waals surface area contributed by atoms with Crippen LogP contribution >= 0.6 is 0 Å². The van der Waals surface area contributed by atoms with Crippen LogP contribution in [-0.2, 0) is 17.8 Å². The lowest BCUT2D eigenvalue weighted by Crippen LogP contribution is -2.44. The number of fused-ring (bicyclic) bond motifs is 1. The molecule has 0 fully saturated rings. The lowest BCUT2D eigenvalue weighted by molar-refractivity contribution is -0.121. The molecule has 0 aromatic heterocycles. The highest BCUT2D eigenvalue weighted by Gasteiger charge is 2.27. The number of anilines is 1. The first-order chi connectivity index (χ1) is 13.1.